The summed E-state index contributed by atoms with van der Waals surface area (Å²) in [5, 5.41) is 6.88. The number of hydrogen-bond donors (Lipinski definition) is 0. The van der Waals surface area contributed by atoms with E-state index in [9.17, 15) is 18.4 Å². The number of benzene rings is 1. The highest BCUT2D eigenvalue weighted by Crippen LogP contribution is 2.49. The summed E-state index contributed by atoms with van der Waals surface area (Å²) in [6.07, 6.45) is 0.870. The zero-order chi connectivity index (χ0) is 21.8. The van der Waals surface area contributed by atoms with Crippen LogP contribution in [0.15, 0.2) is 45.4 Å². The number of imide groups is 1. The van der Waals surface area contributed by atoms with Crippen LogP contribution in [0.5, 0.6) is 0 Å². The van der Waals surface area contributed by atoms with E-state index in [2.05, 4.69) is 31.1 Å². The van der Waals surface area contributed by atoms with Gasteiger partial charge in [-0.2, -0.15) is 8.78 Å². The van der Waals surface area contributed by atoms with E-state index in [1.807, 2.05) is 6.07 Å². The molecule has 1 saturated carbocycles. The first-order valence-corrected chi connectivity index (χ1v) is 10.4. The maximum Gasteiger partial charge on any atom is 0.314 e. The number of carbonyl (C=O) groups is 2. The molecule has 1 aromatic carbocycles. The molecule has 1 fully saturated rings. The van der Waals surface area contributed by atoms with Crippen LogP contribution >= 0.6 is 15.9 Å². The smallest absolute Gasteiger partial charge is 0.314 e. The lowest BCUT2D eigenvalue weighted by atomic mass is 9.61. The molecular weight excluding hydrogens is 474 g/mol. The molecule has 3 aromatic rings. The lowest BCUT2D eigenvalue weighted by Gasteiger charge is -2.47. The molecule has 31 heavy (non-hydrogen) atoms. The molecule has 5 rings (SSSR count). The lowest BCUT2D eigenvalue weighted by molar-refractivity contribution is -0.139. The van der Waals surface area contributed by atoms with Gasteiger partial charge in [-0.3, -0.25) is 19.5 Å². The van der Waals surface area contributed by atoms with E-state index in [0.717, 1.165) is 16.5 Å². The molecule has 1 spiro atoms. The quantitative estimate of drug-likeness (QED) is 0.504. The maximum absolute atomic E-state index is 13.3. The number of nitrogens with zero attached hydrogens (tertiary/aromatic N) is 4. The summed E-state index contributed by atoms with van der Waals surface area (Å²) in [5.41, 5.74) is 1.50. The van der Waals surface area contributed by atoms with Gasteiger partial charge in [0.2, 0.25) is 11.8 Å². The molecule has 0 unspecified atom stereocenters. The monoisotopic (exact) mass is 488 g/mol. The lowest BCUT2D eigenvalue weighted by Crippen LogP contribution is -2.57. The molecule has 0 saturated heterocycles. The minimum atomic E-state index is -2.85. The van der Waals surface area contributed by atoms with E-state index in [-0.39, 0.29) is 24.2 Å². The highest BCUT2D eigenvalue weighted by Gasteiger charge is 2.54. The Balaban J connectivity index is 1.42. The molecule has 158 valence electrons. The van der Waals surface area contributed by atoms with Crippen LogP contribution in [0.1, 0.15) is 53.2 Å². The predicted molar refractivity (Wildman–Crippen MR) is 107 cm³/mol. The normalized spacial score (nSPS) is 17.2. The van der Waals surface area contributed by atoms with Gasteiger partial charge in [-0.15, -0.1) is 10.2 Å². The third kappa shape index (κ3) is 3.16. The Bertz CT molecular complexity index is 1190. The van der Waals surface area contributed by atoms with E-state index in [0.29, 0.717) is 29.7 Å². The number of carbonyl (C=O) groups excluding carboxylic acids is 2. The van der Waals surface area contributed by atoms with Gasteiger partial charge >= 0.3 is 6.43 Å². The van der Waals surface area contributed by atoms with E-state index in [1.165, 1.54) is 11.1 Å². The van der Waals surface area contributed by atoms with Gasteiger partial charge < -0.3 is 4.42 Å². The van der Waals surface area contributed by atoms with Crippen molar-refractivity contribution in [3.05, 3.63) is 63.7 Å². The highest BCUT2D eigenvalue weighted by molar-refractivity contribution is 9.10. The summed E-state index contributed by atoms with van der Waals surface area (Å²) in [7, 11) is 0. The van der Waals surface area contributed by atoms with Crippen LogP contribution in [0.25, 0.3) is 11.5 Å². The van der Waals surface area contributed by atoms with E-state index >= 15 is 0 Å². The van der Waals surface area contributed by atoms with Crippen molar-refractivity contribution in [1.82, 2.24) is 20.1 Å². The molecule has 0 radical (unpaired) electrons. The van der Waals surface area contributed by atoms with Crippen LogP contribution in [0.3, 0.4) is 0 Å². The molecule has 1 aliphatic carbocycles. The second-order valence-corrected chi connectivity index (χ2v) is 8.52. The average molecular weight is 489 g/mol. The van der Waals surface area contributed by atoms with Crippen molar-refractivity contribution in [1.29, 1.82) is 0 Å². The fourth-order valence-corrected chi connectivity index (χ4v) is 4.47. The van der Waals surface area contributed by atoms with Crippen LogP contribution in [0.2, 0.25) is 0 Å². The molecule has 3 heterocycles. The zero-order valence-electron chi connectivity index (χ0n) is 16.0. The second kappa shape index (κ2) is 7.30. The number of alkyl halides is 2. The van der Waals surface area contributed by atoms with Crippen molar-refractivity contribution in [2.75, 3.05) is 0 Å². The van der Waals surface area contributed by atoms with Crippen molar-refractivity contribution in [2.24, 2.45) is 0 Å². The first kappa shape index (κ1) is 19.9. The van der Waals surface area contributed by atoms with E-state index in [1.54, 1.807) is 24.3 Å². The Labute approximate surface area is 183 Å². The largest absolute Gasteiger partial charge is 0.415 e. The molecule has 0 N–H and O–H groups in total. The molecule has 10 heteroatoms. The van der Waals surface area contributed by atoms with Crippen LogP contribution in [0, 0.1) is 0 Å². The molecule has 0 bridgehead atoms. The fraction of sp³-hybridized carbons (Fsp3) is 0.286. The number of hydrogen-bond acceptors (Lipinski definition) is 6. The Morgan fingerprint density at radius 2 is 1.97 bits per heavy atom. The van der Waals surface area contributed by atoms with E-state index < -0.39 is 17.7 Å². The van der Waals surface area contributed by atoms with Crippen LogP contribution in [-0.4, -0.2) is 31.9 Å². The summed E-state index contributed by atoms with van der Waals surface area (Å²) in [6, 6.07) is 8.59. The highest BCUT2D eigenvalue weighted by atomic mass is 79.9. The molecule has 0 atom stereocenters. The van der Waals surface area contributed by atoms with Gasteiger partial charge in [0.05, 0.1) is 23.2 Å². The number of pyridine rings is 1. The molecule has 1 aliphatic heterocycles. The summed E-state index contributed by atoms with van der Waals surface area (Å²) in [4.78, 5) is 31.9. The molecule has 2 amide bonds. The van der Waals surface area contributed by atoms with Gasteiger partial charge in [-0.05, 0) is 48.7 Å². The summed E-state index contributed by atoms with van der Waals surface area (Å²) in [6.45, 7) is 0.0152. The van der Waals surface area contributed by atoms with E-state index in [4.69, 9.17) is 4.42 Å². The second-order valence-electron chi connectivity index (χ2n) is 7.61. The first-order valence-electron chi connectivity index (χ1n) is 9.62. The summed E-state index contributed by atoms with van der Waals surface area (Å²) >= 11 is 3.43. The SMILES string of the molecule is O=C1c2ccc(Br)cc2C2(CCC2)C(=O)N1Cc1ccc(-c2nnc(C(F)F)o2)cn1. The Morgan fingerprint density at radius 3 is 2.58 bits per heavy atom. The first-order chi connectivity index (χ1) is 14.9. The van der Waals surface area contributed by atoms with Crippen molar-refractivity contribution >= 4 is 27.7 Å². The van der Waals surface area contributed by atoms with Crippen LogP contribution in [0.4, 0.5) is 8.78 Å². The summed E-state index contributed by atoms with van der Waals surface area (Å²) < 4.78 is 31.0. The van der Waals surface area contributed by atoms with Gasteiger partial charge in [0.25, 0.3) is 11.8 Å². The number of halogens is 3. The van der Waals surface area contributed by atoms with Crippen molar-refractivity contribution in [3.8, 4) is 11.5 Å². The summed E-state index contributed by atoms with van der Waals surface area (Å²) in [5.74, 6) is -1.40. The van der Waals surface area contributed by atoms with Crippen LogP contribution < -0.4 is 0 Å². The molecule has 2 aliphatic rings. The van der Waals surface area contributed by atoms with Crippen molar-refractivity contribution in [2.45, 2.75) is 37.6 Å². The van der Waals surface area contributed by atoms with Gasteiger partial charge in [-0.25, -0.2) is 0 Å². The maximum atomic E-state index is 13.3. The minimum absolute atomic E-state index is 0.0152. The van der Waals surface area contributed by atoms with Crippen molar-refractivity contribution in [3.63, 3.8) is 0 Å². The van der Waals surface area contributed by atoms with Crippen molar-refractivity contribution < 1.29 is 22.8 Å². The third-order valence-corrected chi connectivity index (χ3v) is 6.35. The number of aromatic nitrogens is 3. The Kier molecular flexibility index (Phi) is 4.69. The zero-order valence-corrected chi connectivity index (χ0v) is 17.6. The van der Waals surface area contributed by atoms with Gasteiger partial charge in [-0.1, -0.05) is 22.4 Å². The van der Waals surface area contributed by atoms with Crippen LogP contribution in [-0.2, 0) is 16.8 Å². The van der Waals surface area contributed by atoms with Gasteiger partial charge in [0.1, 0.15) is 0 Å². The number of rotatable bonds is 4. The number of fused-ring (bicyclic) bond motifs is 2. The Morgan fingerprint density at radius 1 is 1.16 bits per heavy atom. The standard InChI is InChI=1S/C21H15BrF2N4O3/c22-12-3-5-14-15(8-12)21(6-1-7-21)20(30)28(19(14)29)10-13-4-2-11(9-25-13)17-26-27-18(31-17)16(23)24/h2-5,8-9,16H,1,6-7,10H2. The number of amides is 2. The minimum Gasteiger partial charge on any atom is -0.415 e. The average Bonchev–Trinajstić information content (AvgIpc) is 3.21. The third-order valence-electron chi connectivity index (χ3n) is 5.85. The van der Waals surface area contributed by atoms with Gasteiger partial charge in [0.15, 0.2) is 0 Å². The Hall–Kier alpha value is -3.01. The molecular formula is C21H15BrF2N4O3. The predicted octanol–water partition coefficient (Wildman–Crippen LogP) is 4.44. The fourth-order valence-electron chi connectivity index (χ4n) is 4.11. The van der Waals surface area contributed by atoms with Gasteiger partial charge in [0, 0.05) is 16.2 Å². The molecule has 2 aromatic heterocycles. The molecule has 7 nitrogen and oxygen atoms in total. The topological polar surface area (TPSA) is 89.2 Å².